The van der Waals surface area contributed by atoms with E-state index in [2.05, 4.69) is 4.72 Å². The van der Waals surface area contributed by atoms with Crippen LogP contribution in [0.25, 0.3) is 0 Å². The molecular weight excluding hydrogens is 268 g/mol. The molecule has 0 spiro atoms. The molecule has 0 radical (unpaired) electrons. The van der Waals surface area contributed by atoms with Crippen LogP contribution in [0.15, 0.2) is 0 Å². The van der Waals surface area contributed by atoms with Crippen LogP contribution in [-0.4, -0.2) is 66.5 Å². The number of nitrogens with one attached hydrogen (secondary N) is 1. The van der Waals surface area contributed by atoms with E-state index in [1.54, 1.807) is 7.05 Å². The maximum absolute atomic E-state index is 11.0. The smallest absolute Gasteiger partial charge is 0.264 e. The zero-order chi connectivity index (χ0) is 13.3. The molecule has 1 saturated heterocycles. The van der Waals surface area contributed by atoms with Crippen LogP contribution in [0.5, 0.6) is 0 Å². The van der Waals surface area contributed by atoms with E-state index in [0.717, 1.165) is 12.5 Å². The number of hydrogen-bond donors (Lipinski definition) is 1. The van der Waals surface area contributed by atoms with Gasteiger partial charge in [0.25, 0.3) is 10.1 Å². The van der Waals surface area contributed by atoms with Crippen LogP contribution in [-0.2, 0) is 24.3 Å². The van der Waals surface area contributed by atoms with Gasteiger partial charge in [0.1, 0.15) is 0 Å². The normalized spacial score (nSPS) is 27.5. The van der Waals surface area contributed by atoms with Crippen LogP contribution in [0.4, 0.5) is 0 Å². The van der Waals surface area contributed by atoms with E-state index in [0.29, 0.717) is 13.0 Å². The van der Waals surface area contributed by atoms with Crippen LogP contribution < -0.4 is 4.72 Å². The van der Waals surface area contributed by atoms with E-state index in [9.17, 15) is 16.8 Å². The first-order valence-corrected chi connectivity index (χ1v) is 8.81. The second-order valence-electron chi connectivity index (χ2n) is 4.37. The van der Waals surface area contributed by atoms with E-state index in [1.165, 1.54) is 0 Å². The Morgan fingerprint density at radius 3 is 2.35 bits per heavy atom. The van der Waals surface area contributed by atoms with Gasteiger partial charge in [-0.1, -0.05) is 0 Å². The van der Waals surface area contributed by atoms with Gasteiger partial charge in [-0.05, 0) is 13.5 Å². The maximum Gasteiger partial charge on any atom is 0.264 e. The topological polar surface area (TPSA) is 92.8 Å². The SMILES string of the molecule is CN1C[C@@H](OS(C)(=O)=O)C[C@@H]1CNS(C)(=O)=O. The van der Waals surface area contributed by atoms with Crippen molar-refractivity contribution in [2.24, 2.45) is 0 Å². The lowest BCUT2D eigenvalue weighted by Gasteiger charge is -2.18. The third-order valence-corrected chi connectivity index (χ3v) is 3.85. The summed E-state index contributed by atoms with van der Waals surface area (Å²) in [5, 5.41) is 0. The average Bonchev–Trinajstić information content (AvgIpc) is 2.38. The number of rotatable bonds is 5. The van der Waals surface area contributed by atoms with Gasteiger partial charge < -0.3 is 0 Å². The van der Waals surface area contributed by atoms with Crippen molar-refractivity contribution in [3.8, 4) is 0 Å². The van der Waals surface area contributed by atoms with Crippen molar-refractivity contribution in [2.45, 2.75) is 18.6 Å². The molecule has 2 atom stereocenters. The standard InChI is InChI=1S/C8H18N2O5S2/c1-10-6-8(15-17(3,13)14)4-7(10)5-9-16(2,11)12/h7-9H,4-6H2,1-3H3/t7-,8+/m1/s1. The Hall–Kier alpha value is -0.220. The molecule has 17 heavy (non-hydrogen) atoms. The van der Waals surface area contributed by atoms with E-state index in [-0.39, 0.29) is 12.6 Å². The molecule has 9 heteroatoms. The summed E-state index contributed by atoms with van der Waals surface area (Å²) in [6.07, 6.45) is 2.19. The predicted molar refractivity (Wildman–Crippen MR) is 63.6 cm³/mol. The van der Waals surface area contributed by atoms with Gasteiger partial charge in [0.05, 0.1) is 18.6 Å². The van der Waals surface area contributed by atoms with Crippen LogP contribution in [0.3, 0.4) is 0 Å². The first-order chi connectivity index (χ1) is 7.57. The molecule has 1 fully saturated rings. The molecule has 0 saturated carbocycles. The Bertz CT molecular complexity index is 458. The van der Waals surface area contributed by atoms with Crippen LogP contribution in [0, 0.1) is 0 Å². The molecule has 0 aromatic heterocycles. The predicted octanol–water partition coefficient (Wildman–Crippen LogP) is -1.42. The summed E-state index contributed by atoms with van der Waals surface area (Å²) < 4.78 is 51.1. The Kier molecular flexibility index (Phi) is 4.53. The number of hydrogen-bond acceptors (Lipinski definition) is 6. The lowest BCUT2D eigenvalue weighted by molar-refractivity contribution is 0.217. The summed E-state index contributed by atoms with van der Waals surface area (Å²) >= 11 is 0. The van der Waals surface area contributed by atoms with E-state index in [4.69, 9.17) is 4.18 Å². The highest BCUT2D eigenvalue weighted by atomic mass is 32.2. The highest BCUT2D eigenvalue weighted by molar-refractivity contribution is 7.88. The second-order valence-corrected chi connectivity index (χ2v) is 7.81. The quantitative estimate of drug-likeness (QED) is 0.624. The van der Waals surface area contributed by atoms with Crippen molar-refractivity contribution < 1.29 is 21.0 Å². The van der Waals surface area contributed by atoms with Gasteiger partial charge in [0.15, 0.2) is 0 Å². The molecule has 1 aliphatic heterocycles. The number of likely N-dealkylation sites (tertiary alicyclic amines) is 1. The third kappa shape index (κ3) is 5.77. The third-order valence-electron chi connectivity index (χ3n) is 2.54. The van der Waals surface area contributed by atoms with Crippen molar-refractivity contribution in [1.82, 2.24) is 9.62 Å². The van der Waals surface area contributed by atoms with Crippen molar-refractivity contribution in [3.05, 3.63) is 0 Å². The lowest BCUT2D eigenvalue weighted by atomic mass is 10.2. The van der Waals surface area contributed by atoms with E-state index in [1.807, 2.05) is 4.90 Å². The number of sulfonamides is 1. The molecule has 1 N–H and O–H groups in total. The largest absolute Gasteiger partial charge is 0.299 e. The van der Waals surface area contributed by atoms with Gasteiger partial charge in [0.2, 0.25) is 10.0 Å². The second kappa shape index (κ2) is 5.19. The fraction of sp³-hybridized carbons (Fsp3) is 1.00. The summed E-state index contributed by atoms with van der Waals surface area (Å²) in [5.74, 6) is 0. The minimum Gasteiger partial charge on any atom is -0.299 e. The average molecular weight is 286 g/mol. The zero-order valence-electron chi connectivity index (χ0n) is 10.1. The molecule has 102 valence electrons. The van der Waals surface area contributed by atoms with E-state index >= 15 is 0 Å². The fourth-order valence-corrected chi connectivity index (χ4v) is 2.96. The Labute approximate surface area is 102 Å². The summed E-state index contributed by atoms with van der Waals surface area (Å²) in [7, 11) is -4.88. The van der Waals surface area contributed by atoms with Crippen molar-refractivity contribution in [3.63, 3.8) is 0 Å². The molecular formula is C8H18N2O5S2. The van der Waals surface area contributed by atoms with E-state index < -0.39 is 26.2 Å². The molecule has 1 aliphatic rings. The van der Waals surface area contributed by atoms with Crippen LogP contribution >= 0.6 is 0 Å². The van der Waals surface area contributed by atoms with Crippen molar-refractivity contribution in [2.75, 3.05) is 32.6 Å². The molecule has 0 bridgehead atoms. The van der Waals surface area contributed by atoms with Crippen LogP contribution in [0.1, 0.15) is 6.42 Å². The minimum atomic E-state index is -3.46. The Morgan fingerprint density at radius 1 is 1.29 bits per heavy atom. The first-order valence-electron chi connectivity index (χ1n) is 5.10. The molecule has 1 heterocycles. The highest BCUT2D eigenvalue weighted by Gasteiger charge is 2.32. The Balaban J connectivity index is 2.50. The molecule has 0 aromatic carbocycles. The van der Waals surface area contributed by atoms with Gasteiger partial charge in [-0.2, -0.15) is 8.42 Å². The minimum absolute atomic E-state index is 0.0449. The van der Waals surface area contributed by atoms with Crippen molar-refractivity contribution in [1.29, 1.82) is 0 Å². The fourth-order valence-electron chi connectivity index (χ4n) is 1.83. The van der Waals surface area contributed by atoms with Crippen molar-refractivity contribution >= 4 is 20.1 Å². The van der Waals surface area contributed by atoms with Gasteiger partial charge in [-0.3, -0.25) is 9.08 Å². The molecule has 7 nitrogen and oxygen atoms in total. The van der Waals surface area contributed by atoms with Gasteiger partial charge in [0, 0.05) is 19.1 Å². The van der Waals surface area contributed by atoms with Gasteiger partial charge in [-0.25, -0.2) is 13.1 Å². The summed E-state index contributed by atoms with van der Waals surface area (Å²) in [6.45, 7) is 0.738. The summed E-state index contributed by atoms with van der Waals surface area (Å²) in [6, 6.07) is -0.0449. The number of nitrogens with zero attached hydrogens (tertiary/aromatic N) is 1. The molecule has 0 aromatic rings. The van der Waals surface area contributed by atoms with Gasteiger partial charge in [-0.15, -0.1) is 0 Å². The molecule has 0 unspecified atom stereocenters. The first kappa shape index (κ1) is 14.8. The number of likely N-dealkylation sites (N-methyl/N-ethyl adjacent to an activating group) is 1. The summed E-state index contributed by atoms with van der Waals surface area (Å²) in [5.41, 5.74) is 0. The monoisotopic (exact) mass is 286 g/mol. The molecule has 1 rings (SSSR count). The Morgan fingerprint density at radius 2 is 1.88 bits per heavy atom. The highest BCUT2D eigenvalue weighted by Crippen LogP contribution is 2.19. The lowest BCUT2D eigenvalue weighted by Crippen LogP contribution is -2.37. The van der Waals surface area contributed by atoms with Crippen LogP contribution in [0.2, 0.25) is 0 Å². The molecule has 0 amide bonds. The zero-order valence-corrected chi connectivity index (χ0v) is 11.7. The molecule has 0 aliphatic carbocycles. The summed E-state index contributed by atoms with van der Waals surface area (Å²) in [4.78, 5) is 1.88. The van der Waals surface area contributed by atoms with Gasteiger partial charge >= 0.3 is 0 Å². The maximum atomic E-state index is 11.0.